The Hall–Kier alpha value is -1.27. The van der Waals surface area contributed by atoms with Crippen LogP contribution in [0.4, 0.5) is 17.6 Å². The molecule has 0 spiro atoms. The lowest BCUT2D eigenvalue weighted by atomic mass is 10.1. The van der Waals surface area contributed by atoms with Crippen LogP contribution in [0, 0.1) is 5.82 Å². The Labute approximate surface area is 131 Å². The molecule has 0 fully saturated rings. The van der Waals surface area contributed by atoms with E-state index in [2.05, 4.69) is 15.9 Å². The zero-order valence-electron chi connectivity index (χ0n) is 10.3. The Bertz CT molecular complexity index is 658. The predicted octanol–water partition coefficient (Wildman–Crippen LogP) is 6.14. The van der Waals surface area contributed by atoms with E-state index in [4.69, 9.17) is 16.3 Å². The highest BCUT2D eigenvalue weighted by Gasteiger charge is 2.35. The number of rotatable bonds is 3. The van der Waals surface area contributed by atoms with Gasteiger partial charge in [0.25, 0.3) is 0 Å². The standard InChI is InChI=1S/C14H8BrClF4O/c15-11-3-2-9(17)6-13(11)21-12-4-1-8(7-16)5-10(12)14(18,19)20/h1-6H,7H2. The quantitative estimate of drug-likeness (QED) is 0.457. The summed E-state index contributed by atoms with van der Waals surface area (Å²) in [6, 6.07) is 7.02. The molecule has 0 atom stereocenters. The molecule has 0 aliphatic rings. The van der Waals surface area contributed by atoms with Gasteiger partial charge in [-0.25, -0.2) is 4.39 Å². The van der Waals surface area contributed by atoms with Crippen molar-refractivity contribution < 1.29 is 22.3 Å². The molecule has 7 heteroatoms. The maximum absolute atomic E-state index is 13.2. The molecule has 0 unspecified atom stereocenters. The minimum Gasteiger partial charge on any atom is -0.455 e. The summed E-state index contributed by atoms with van der Waals surface area (Å²) in [6.07, 6.45) is -4.60. The minimum atomic E-state index is -4.60. The van der Waals surface area contributed by atoms with Gasteiger partial charge in [-0.2, -0.15) is 13.2 Å². The van der Waals surface area contributed by atoms with Crippen LogP contribution in [0.3, 0.4) is 0 Å². The maximum Gasteiger partial charge on any atom is 0.419 e. The van der Waals surface area contributed by atoms with Gasteiger partial charge in [0.15, 0.2) is 0 Å². The summed E-state index contributed by atoms with van der Waals surface area (Å²) < 4.78 is 57.8. The van der Waals surface area contributed by atoms with E-state index in [9.17, 15) is 17.6 Å². The molecule has 0 heterocycles. The Morgan fingerprint density at radius 1 is 1.05 bits per heavy atom. The molecule has 0 N–H and O–H groups in total. The summed E-state index contributed by atoms with van der Waals surface area (Å²) in [5, 5.41) is 0. The lowest BCUT2D eigenvalue weighted by molar-refractivity contribution is -0.138. The largest absolute Gasteiger partial charge is 0.455 e. The summed E-state index contributed by atoms with van der Waals surface area (Å²) in [6.45, 7) is 0. The molecule has 2 rings (SSSR count). The van der Waals surface area contributed by atoms with Crippen molar-refractivity contribution in [2.45, 2.75) is 12.1 Å². The highest BCUT2D eigenvalue weighted by Crippen LogP contribution is 2.40. The lowest BCUT2D eigenvalue weighted by Crippen LogP contribution is -2.08. The summed E-state index contributed by atoms with van der Waals surface area (Å²) in [7, 11) is 0. The van der Waals surface area contributed by atoms with Crippen LogP contribution in [0.25, 0.3) is 0 Å². The smallest absolute Gasteiger partial charge is 0.419 e. The van der Waals surface area contributed by atoms with Gasteiger partial charge in [0.1, 0.15) is 17.3 Å². The first kappa shape index (κ1) is 16.1. The zero-order valence-corrected chi connectivity index (χ0v) is 12.7. The van der Waals surface area contributed by atoms with Crippen LogP contribution in [-0.2, 0) is 12.1 Å². The fraction of sp³-hybridized carbons (Fsp3) is 0.143. The minimum absolute atomic E-state index is 0.0425. The van der Waals surface area contributed by atoms with Gasteiger partial charge >= 0.3 is 6.18 Å². The third-order valence-corrected chi connectivity index (χ3v) is 3.58. The molecule has 112 valence electrons. The van der Waals surface area contributed by atoms with Crippen molar-refractivity contribution in [3.8, 4) is 11.5 Å². The Morgan fingerprint density at radius 3 is 2.38 bits per heavy atom. The van der Waals surface area contributed by atoms with Gasteiger partial charge in [0, 0.05) is 11.9 Å². The van der Waals surface area contributed by atoms with E-state index in [-0.39, 0.29) is 11.6 Å². The van der Waals surface area contributed by atoms with Crippen molar-refractivity contribution >= 4 is 27.5 Å². The number of benzene rings is 2. The second-order valence-electron chi connectivity index (χ2n) is 4.14. The molecule has 2 aromatic rings. The van der Waals surface area contributed by atoms with Crippen molar-refractivity contribution in [3.05, 3.63) is 57.8 Å². The Morgan fingerprint density at radius 2 is 1.76 bits per heavy atom. The summed E-state index contributed by atoms with van der Waals surface area (Å²) in [5.41, 5.74) is -0.647. The number of hydrogen-bond donors (Lipinski definition) is 0. The summed E-state index contributed by atoms with van der Waals surface area (Å²) in [5.74, 6) is -1.12. The molecule has 1 nitrogen and oxygen atoms in total. The van der Waals surface area contributed by atoms with E-state index in [1.165, 1.54) is 12.1 Å². The van der Waals surface area contributed by atoms with Crippen LogP contribution in [-0.4, -0.2) is 0 Å². The first-order valence-electron chi connectivity index (χ1n) is 5.70. The van der Waals surface area contributed by atoms with E-state index in [1.54, 1.807) is 0 Å². The fourth-order valence-electron chi connectivity index (χ4n) is 1.64. The fourth-order valence-corrected chi connectivity index (χ4v) is 2.14. The first-order valence-corrected chi connectivity index (χ1v) is 7.03. The van der Waals surface area contributed by atoms with Crippen LogP contribution >= 0.6 is 27.5 Å². The molecule has 0 radical (unpaired) electrons. The lowest BCUT2D eigenvalue weighted by Gasteiger charge is -2.15. The van der Waals surface area contributed by atoms with Crippen molar-refractivity contribution in [3.63, 3.8) is 0 Å². The van der Waals surface area contributed by atoms with Gasteiger partial charge in [0.05, 0.1) is 10.0 Å². The number of ether oxygens (including phenoxy) is 1. The highest BCUT2D eigenvalue weighted by molar-refractivity contribution is 9.10. The van der Waals surface area contributed by atoms with Gasteiger partial charge in [-0.3, -0.25) is 0 Å². The van der Waals surface area contributed by atoms with E-state index in [0.29, 0.717) is 10.0 Å². The molecule has 0 aliphatic heterocycles. The molecule has 0 aromatic heterocycles. The number of hydrogen-bond acceptors (Lipinski definition) is 1. The van der Waals surface area contributed by atoms with E-state index < -0.39 is 23.3 Å². The zero-order chi connectivity index (χ0) is 15.6. The van der Waals surface area contributed by atoms with Crippen molar-refractivity contribution in [1.29, 1.82) is 0 Å². The molecule has 2 aromatic carbocycles. The van der Waals surface area contributed by atoms with Gasteiger partial charge in [0.2, 0.25) is 0 Å². The topological polar surface area (TPSA) is 9.23 Å². The van der Waals surface area contributed by atoms with Crippen LogP contribution < -0.4 is 4.74 Å². The molecule has 0 aliphatic carbocycles. The van der Waals surface area contributed by atoms with Gasteiger partial charge in [-0.1, -0.05) is 6.07 Å². The number of alkyl halides is 4. The maximum atomic E-state index is 13.2. The van der Waals surface area contributed by atoms with Crippen LogP contribution in [0.2, 0.25) is 0 Å². The van der Waals surface area contributed by atoms with E-state index in [1.807, 2.05) is 0 Å². The third kappa shape index (κ3) is 3.89. The molecule has 0 amide bonds. The monoisotopic (exact) mass is 382 g/mol. The Balaban J connectivity index is 2.46. The van der Waals surface area contributed by atoms with Crippen molar-refractivity contribution in [1.82, 2.24) is 0 Å². The molecular weight excluding hydrogens is 376 g/mol. The molecule has 0 bridgehead atoms. The van der Waals surface area contributed by atoms with Gasteiger partial charge < -0.3 is 4.74 Å². The molecule has 0 saturated carbocycles. The number of halogens is 6. The van der Waals surface area contributed by atoms with Crippen LogP contribution in [0.15, 0.2) is 40.9 Å². The molecule has 0 saturated heterocycles. The van der Waals surface area contributed by atoms with Gasteiger partial charge in [-0.15, -0.1) is 11.6 Å². The van der Waals surface area contributed by atoms with Crippen molar-refractivity contribution in [2.24, 2.45) is 0 Å². The summed E-state index contributed by atoms with van der Waals surface area (Å²) in [4.78, 5) is 0. The van der Waals surface area contributed by atoms with Crippen LogP contribution in [0.1, 0.15) is 11.1 Å². The highest BCUT2D eigenvalue weighted by atomic mass is 79.9. The second kappa shape index (κ2) is 6.23. The first-order chi connectivity index (χ1) is 9.81. The summed E-state index contributed by atoms with van der Waals surface area (Å²) >= 11 is 8.64. The second-order valence-corrected chi connectivity index (χ2v) is 5.26. The van der Waals surface area contributed by atoms with Crippen molar-refractivity contribution in [2.75, 3.05) is 0 Å². The third-order valence-electron chi connectivity index (χ3n) is 2.62. The van der Waals surface area contributed by atoms with E-state index >= 15 is 0 Å². The average molecular weight is 384 g/mol. The van der Waals surface area contributed by atoms with E-state index in [0.717, 1.165) is 24.3 Å². The molecule has 21 heavy (non-hydrogen) atoms. The normalized spacial score (nSPS) is 11.5. The Kier molecular flexibility index (Phi) is 4.78. The van der Waals surface area contributed by atoms with Gasteiger partial charge in [-0.05, 0) is 45.8 Å². The average Bonchev–Trinajstić information content (AvgIpc) is 2.42. The van der Waals surface area contributed by atoms with Crippen LogP contribution in [0.5, 0.6) is 11.5 Å². The predicted molar refractivity (Wildman–Crippen MR) is 75.2 cm³/mol. The SMILES string of the molecule is Fc1ccc(Br)c(Oc2ccc(CCl)cc2C(F)(F)F)c1. The molecular formula is C14H8BrClF4O.